The van der Waals surface area contributed by atoms with E-state index in [1.165, 1.54) is 21.1 Å². The number of carbonyl (C=O) groups is 2. The molecule has 4 rings (SSSR count). The maximum atomic E-state index is 13.0. The SMILES string of the molecule is Cc1ccc(N2C(=O)N(CC#N)CC2=NC(=O)c2sc3ccccc3c2Cl)cc1Cl. The first-order valence-corrected chi connectivity index (χ1v) is 10.5. The maximum Gasteiger partial charge on any atom is 0.331 e. The van der Waals surface area contributed by atoms with Crippen LogP contribution in [0.5, 0.6) is 0 Å². The fourth-order valence-corrected chi connectivity index (χ4v) is 4.73. The number of aryl methyl sites for hydroxylation is 1. The third-order valence-electron chi connectivity index (χ3n) is 4.69. The standard InChI is InChI=1S/C21H14Cl2N4O2S/c1-12-6-7-13(10-15(12)22)27-17(11-26(9-8-24)21(27)29)25-20(28)19-18(23)14-4-2-3-5-16(14)30-19/h2-7,10H,9,11H2,1H3. The molecule has 30 heavy (non-hydrogen) atoms. The molecule has 0 saturated carbocycles. The zero-order valence-corrected chi connectivity index (χ0v) is 18.1. The molecule has 0 N–H and O–H groups in total. The summed E-state index contributed by atoms with van der Waals surface area (Å²) in [5.41, 5.74) is 1.33. The van der Waals surface area contributed by atoms with E-state index in [4.69, 9.17) is 28.5 Å². The molecule has 150 valence electrons. The van der Waals surface area contributed by atoms with Crippen molar-refractivity contribution in [3.8, 4) is 6.07 Å². The number of urea groups is 1. The molecule has 3 aromatic rings. The first-order chi connectivity index (χ1) is 14.4. The van der Waals surface area contributed by atoms with Crippen molar-refractivity contribution >= 4 is 68.1 Å². The molecule has 2 aromatic carbocycles. The minimum atomic E-state index is -0.536. The Bertz CT molecular complexity index is 1260. The predicted molar refractivity (Wildman–Crippen MR) is 120 cm³/mol. The largest absolute Gasteiger partial charge is 0.331 e. The van der Waals surface area contributed by atoms with Gasteiger partial charge in [0.15, 0.2) is 0 Å². The van der Waals surface area contributed by atoms with Crippen LogP contribution in [0.1, 0.15) is 15.2 Å². The second kappa shape index (κ2) is 8.07. The summed E-state index contributed by atoms with van der Waals surface area (Å²) in [5, 5.41) is 10.6. The number of hydrogen-bond donors (Lipinski definition) is 0. The lowest BCUT2D eigenvalue weighted by Crippen LogP contribution is -2.33. The summed E-state index contributed by atoms with van der Waals surface area (Å²) in [5.74, 6) is -0.320. The van der Waals surface area contributed by atoms with Crippen molar-refractivity contribution in [3.63, 3.8) is 0 Å². The Balaban J connectivity index is 1.76. The van der Waals surface area contributed by atoms with Gasteiger partial charge in [-0.15, -0.1) is 11.3 Å². The normalized spacial score (nSPS) is 15.3. The van der Waals surface area contributed by atoms with Gasteiger partial charge in [-0.1, -0.05) is 47.5 Å². The van der Waals surface area contributed by atoms with E-state index in [-0.39, 0.29) is 18.9 Å². The van der Waals surface area contributed by atoms with E-state index < -0.39 is 11.9 Å². The Morgan fingerprint density at radius 2 is 2.03 bits per heavy atom. The molecule has 1 aromatic heterocycles. The minimum Gasteiger partial charge on any atom is -0.303 e. The Hall–Kier alpha value is -2.92. The van der Waals surface area contributed by atoms with Crippen molar-refractivity contribution in [3.05, 3.63) is 63.0 Å². The number of hydrogen-bond acceptors (Lipinski definition) is 4. The number of fused-ring (bicyclic) bond motifs is 1. The first kappa shape index (κ1) is 20.4. The Kier molecular flexibility index (Phi) is 5.48. The van der Waals surface area contributed by atoms with E-state index in [1.807, 2.05) is 37.3 Å². The van der Waals surface area contributed by atoms with E-state index in [9.17, 15) is 9.59 Å². The molecule has 6 nitrogen and oxygen atoms in total. The average Bonchev–Trinajstić information content (AvgIpc) is 3.22. The van der Waals surface area contributed by atoms with Crippen LogP contribution in [0.4, 0.5) is 10.5 Å². The summed E-state index contributed by atoms with van der Waals surface area (Å²) >= 11 is 13.9. The molecular weight excluding hydrogens is 443 g/mol. The molecule has 0 bridgehead atoms. The number of halogens is 2. The molecule has 1 aliphatic rings. The van der Waals surface area contributed by atoms with Gasteiger partial charge in [-0.2, -0.15) is 10.3 Å². The van der Waals surface area contributed by atoms with Crippen LogP contribution in [0.2, 0.25) is 10.0 Å². The van der Waals surface area contributed by atoms with Gasteiger partial charge in [-0.05, 0) is 30.7 Å². The van der Waals surface area contributed by atoms with E-state index in [0.29, 0.717) is 20.6 Å². The molecule has 0 unspecified atom stereocenters. The van der Waals surface area contributed by atoms with Gasteiger partial charge in [0.2, 0.25) is 0 Å². The molecule has 0 radical (unpaired) electrons. The van der Waals surface area contributed by atoms with E-state index in [2.05, 4.69) is 4.99 Å². The smallest absolute Gasteiger partial charge is 0.303 e. The van der Waals surface area contributed by atoms with Gasteiger partial charge in [0.25, 0.3) is 5.91 Å². The maximum absolute atomic E-state index is 13.0. The number of rotatable bonds is 3. The number of thiophene rings is 1. The third kappa shape index (κ3) is 3.54. The van der Waals surface area contributed by atoms with Crippen LogP contribution in [0, 0.1) is 18.3 Å². The highest BCUT2D eigenvalue weighted by Gasteiger charge is 2.36. The minimum absolute atomic E-state index is 0.0339. The van der Waals surface area contributed by atoms with Gasteiger partial charge in [0, 0.05) is 15.1 Å². The molecule has 2 heterocycles. The third-order valence-corrected chi connectivity index (χ3v) is 6.76. The zero-order chi connectivity index (χ0) is 21.4. The van der Waals surface area contributed by atoms with Crippen LogP contribution in [-0.2, 0) is 0 Å². The molecule has 1 saturated heterocycles. The highest BCUT2D eigenvalue weighted by atomic mass is 35.5. The monoisotopic (exact) mass is 456 g/mol. The van der Waals surface area contributed by atoms with Gasteiger partial charge in [0.05, 0.1) is 23.3 Å². The molecule has 3 amide bonds. The Morgan fingerprint density at radius 1 is 1.27 bits per heavy atom. The van der Waals surface area contributed by atoms with Gasteiger partial charge in [-0.25, -0.2) is 9.69 Å². The lowest BCUT2D eigenvalue weighted by atomic mass is 10.2. The average molecular weight is 457 g/mol. The fraction of sp³-hybridized carbons (Fsp3) is 0.143. The highest BCUT2D eigenvalue weighted by molar-refractivity contribution is 7.21. The molecular formula is C21H14Cl2N4O2S. The number of nitrogens with zero attached hydrogens (tertiary/aromatic N) is 4. The van der Waals surface area contributed by atoms with Gasteiger partial charge in [-0.3, -0.25) is 4.79 Å². The molecule has 0 spiro atoms. The molecule has 0 aliphatic carbocycles. The molecule has 9 heteroatoms. The number of benzene rings is 2. The summed E-state index contributed by atoms with van der Waals surface area (Å²) in [7, 11) is 0. The van der Waals surface area contributed by atoms with E-state index >= 15 is 0 Å². The Labute approximate surface area is 186 Å². The number of amidine groups is 1. The van der Waals surface area contributed by atoms with Crippen molar-refractivity contribution in [2.75, 3.05) is 18.0 Å². The molecule has 1 aliphatic heterocycles. The summed E-state index contributed by atoms with van der Waals surface area (Å²) in [6, 6.07) is 14.1. The molecule has 1 fully saturated rings. The predicted octanol–water partition coefficient (Wildman–Crippen LogP) is 5.52. The summed E-state index contributed by atoms with van der Waals surface area (Å²) in [4.78, 5) is 33.0. The number of anilines is 1. The first-order valence-electron chi connectivity index (χ1n) is 8.91. The summed E-state index contributed by atoms with van der Waals surface area (Å²) in [6.07, 6.45) is 0. The van der Waals surface area contributed by atoms with E-state index in [0.717, 1.165) is 15.6 Å². The van der Waals surface area contributed by atoms with Crippen LogP contribution in [-0.4, -0.2) is 35.8 Å². The molecule has 0 atom stereocenters. The second-order valence-corrected chi connectivity index (χ2v) is 8.48. The topological polar surface area (TPSA) is 76.8 Å². The Morgan fingerprint density at radius 3 is 2.73 bits per heavy atom. The van der Waals surface area contributed by atoms with Crippen LogP contribution < -0.4 is 4.90 Å². The van der Waals surface area contributed by atoms with Crippen molar-refractivity contribution in [2.45, 2.75) is 6.92 Å². The zero-order valence-electron chi connectivity index (χ0n) is 15.7. The number of amides is 3. The van der Waals surface area contributed by atoms with Crippen LogP contribution in [0.3, 0.4) is 0 Å². The quantitative estimate of drug-likeness (QED) is 0.486. The van der Waals surface area contributed by atoms with Gasteiger partial charge >= 0.3 is 6.03 Å². The number of carbonyl (C=O) groups excluding carboxylic acids is 2. The van der Waals surface area contributed by atoms with Crippen molar-refractivity contribution in [1.29, 1.82) is 5.26 Å². The van der Waals surface area contributed by atoms with Gasteiger partial charge < -0.3 is 4.90 Å². The number of nitriles is 1. The van der Waals surface area contributed by atoms with Crippen molar-refractivity contribution in [2.24, 2.45) is 4.99 Å². The van der Waals surface area contributed by atoms with Crippen LogP contribution >= 0.6 is 34.5 Å². The van der Waals surface area contributed by atoms with Gasteiger partial charge in [0.1, 0.15) is 17.3 Å². The summed E-state index contributed by atoms with van der Waals surface area (Å²) < 4.78 is 0.877. The van der Waals surface area contributed by atoms with Crippen LogP contribution in [0.15, 0.2) is 47.5 Å². The van der Waals surface area contributed by atoms with Crippen molar-refractivity contribution in [1.82, 2.24) is 4.90 Å². The lowest BCUT2D eigenvalue weighted by molar-refractivity contribution is 0.101. The highest BCUT2D eigenvalue weighted by Crippen LogP contribution is 2.36. The lowest BCUT2D eigenvalue weighted by Gasteiger charge is -2.17. The fourth-order valence-electron chi connectivity index (χ4n) is 3.16. The second-order valence-electron chi connectivity index (χ2n) is 6.64. The summed E-state index contributed by atoms with van der Waals surface area (Å²) in [6.45, 7) is 1.76. The van der Waals surface area contributed by atoms with Crippen molar-refractivity contribution < 1.29 is 9.59 Å². The number of aliphatic imine (C=N–C) groups is 1. The van der Waals surface area contributed by atoms with E-state index in [1.54, 1.807) is 18.2 Å². The van der Waals surface area contributed by atoms with Crippen LogP contribution in [0.25, 0.3) is 10.1 Å².